The molecule has 0 bridgehead atoms. The number of pyridine rings is 1. The van der Waals surface area contributed by atoms with E-state index in [1.54, 1.807) is 17.4 Å². The van der Waals surface area contributed by atoms with Gasteiger partial charge in [0.05, 0.1) is 17.9 Å². The van der Waals surface area contributed by atoms with Crippen molar-refractivity contribution in [3.05, 3.63) is 46.4 Å². The van der Waals surface area contributed by atoms with Crippen molar-refractivity contribution >= 4 is 23.0 Å². The largest absolute Gasteiger partial charge is 0.477 e. The summed E-state index contributed by atoms with van der Waals surface area (Å²) in [4.78, 5) is 15.7. The number of carboxylic acids is 1. The van der Waals surface area contributed by atoms with Crippen molar-refractivity contribution < 1.29 is 9.90 Å². The molecule has 5 heteroatoms. The van der Waals surface area contributed by atoms with Gasteiger partial charge in [0.25, 0.3) is 0 Å². The number of thiophene rings is 1. The Hall–Kier alpha value is -1.88. The van der Waals surface area contributed by atoms with Gasteiger partial charge in [0.15, 0.2) is 0 Å². The van der Waals surface area contributed by atoms with Gasteiger partial charge in [0.2, 0.25) is 0 Å². The van der Waals surface area contributed by atoms with Crippen molar-refractivity contribution in [3.8, 4) is 0 Å². The number of hydrogen-bond donors (Lipinski definition) is 2. The number of anilines is 1. The van der Waals surface area contributed by atoms with Crippen LogP contribution >= 0.6 is 11.3 Å². The molecular formula is C12H12N2O2S. The molecule has 0 aliphatic carbocycles. The molecule has 0 spiro atoms. The van der Waals surface area contributed by atoms with Gasteiger partial charge in [-0.05, 0) is 30.5 Å². The van der Waals surface area contributed by atoms with Gasteiger partial charge >= 0.3 is 5.97 Å². The summed E-state index contributed by atoms with van der Waals surface area (Å²) in [7, 11) is 0. The molecule has 0 aliphatic rings. The minimum Gasteiger partial charge on any atom is -0.477 e. The van der Waals surface area contributed by atoms with Crippen molar-refractivity contribution in [3.63, 3.8) is 0 Å². The first-order valence-electron chi connectivity index (χ1n) is 5.16. The van der Waals surface area contributed by atoms with Gasteiger partial charge in [-0.3, -0.25) is 0 Å². The minimum absolute atomic E-state index is 0.0549. The van der Waals surface area contributed by atoms with Crippen LogP contribution in [0.25, 0.3) is 0 Å². The average molecular weight is 248 g/mol. The van der Waals surface area contributed by atoms with E-state index in [9.17, 15) is 4.79 Å². The van der Waals surface area contributed by atoms with Crippen LogP contribution in [0.5, 0.6) is 0 Å². The topological polar surface area (TPSA) is 62.2 Å². The van der Waals surface area contributed by atoms with E-state index in [1.807, 2.05) is 11.4 Å². The number of carbonyl (C=O) groups is 1. The molecule has 0 saturated carbocycles. The maximum absolute atomic E-state index is 10.6. The fourth-order valence-corrected chi connectivity index (χ4v) is 2.20. The van der Waals surface area contributed by atoms with E-state index in [2.05, 4.69) is 23.3 Å². The molecule has 2 rings (SSSR count). The summed E-state index contributed by atoms with van der Waals surface area (Å²) >= 11 is 1.68. The highest BCUT2D eigenvalue weighted by molar-refractivity contribution is 7.10. The number of aromatic nitrogens is 1. The minimum atomic E-state index is -1.01. The molecule has 2 N–H and O–H groups in total. The van der Waals surface area contributed by atoms with E-state index in [-0.39, 0.29) is 11.7 Å². The normalized spacial score (nSPS) is 12.1. The molecule has 0 aliphatic heterocycles. The third kappa shape index (κ3) is 2.82. The van der Waals surface area contributed by atoms with Gasteiger partial charge in [0, 0.05) is 4.88 Å². The van der Waals surface area contributed by atoms with Gasteiger partial charge in [0.1, 0.15) is 5.69 Å². The van der Waals surface area contributed by atoms with Crippen LogP contribution < -0.4 is 5.32 Å². The third-order valence-electron chi connectivity index (χ3n) is 2.34. The Labute approximate surface area is 103 Å². The van der Waals surface area contributed by atoms with Crippen molar-refractivity contribution in [1.29, 1.82) is 0 Å². The van der Waals surface area contributed by atoms with E-state index < -0.39 is 5.97 Å². The van der Waals surface area contributed by atoms with Crippen LogP contribution in [-0.2, 0) is 0 Å². The Kier molecular flexibility index (Phi) is 3.39. The van der Waals surface area contributed by atoms with Gasteiger partial charge < -0.3 is 10.4 Å². The number of carboxylic acid groups (broad SMARTS) is 1. The first-order chi connectivity index (χ1) is 8.16. The zero-order valence-corrected chi connectivity index (χ0v) is 10.1. The second-order valence-corrected chi connectivity index (χ2v) is 4.60. The highest BCUT2D eigenvalue weighted by Gasteiger charge is 2.07. The maximum atomic E-state index is 10.6. The van der Waals surface area contributed by atoms with Crippen LogP contribution in [0.2, 0.25) is 0 Å². The molecule has 0 radical (unpaired) electrons. The standard InChI is InChI=1S/C12H12N2O2S/c1-8(11-3-2-6-17-11)14-9-4-5-10(12(15)16)13-7-9/h2-8,14H,1H3,(H,15,16). The Bertz CT molecular complexity index is 494. The summed E-state index contributed by atoms with van der Waals surface area (Å²) in [5.74, 6) is -1.01. The van der Waals surface area contributed by atoms with Crippen LogP contribution in [0, 0.1) is 0 Å². The molecule has 0 aromatic carbocycles. The molecular weight excluding hydrogens is 236 g/mol. The summed E-state index contributed by atoms with van der Waals surface area (Å²) in [6, 6.07) is 7.46. The fourth-order valence-electron chi connectivity index (χ4n) is 1.46. The zero-order chi connectivity index (χ0) is 12.3. The van der Waals surface area contributed by atoms with Crippen molar-refractivity contribution in [2.75, 3.05) is 5.32 Å². The summed E-state index contributed by atoms with van der Waals surface area (Å²) in [5, 5.41) is 14.0. The predicted octanol–water partition coefficient (Wildman–Crippen LogP) is 3.01. The summed E-state index contributed by atoms with van der Waals surface area (Å²) in [6.07, 6.45) is 1.54. The van der Waals surface area contributed by atoms with E-state index in [0.717, 1.165) is 5.69 Å². The van der Waals surface area contributed by atoms with Crippen LogP contribution in [0.4, 0.5) is 5.69 Å². The van der Waals surface area contributed by atoms with Gasteiger partial charge in [-0.1, -0.05) is 6.07 Å². The van der Waals surface area contributed by atoms with E-state index >= 15 is 0 Å². The van der Waals surface area contributed by atoms with Crippen LogP contribution in [-0.4, -0.2) is 16.1 Å². The third-order valence-corrected chi connectivity index (χ3v) is 3.39. The lowest BCUT2D eigenvalue weighted by atomic mass is 10.2. The number of hydrogen-bond acceptors (Lipinski definition) is 4. The van der Waals surface area contributed by atoms with E-state index in [1.165, 1.54) is 17.1 Å². The summed E-state index contributed by atoms with van der Waals surface area (Å²) in [6.45, 7) is 2.05. The SMILES string of the molecule is CC(Nc1ccc(C(=O)O)nc1)c1cccs1. The zero-order valence-electron chi connectivity index (χ0n) is 9.25. The van der Waals surface area contributed by atoms with E-state index in [0.29, 0.717) is 0 Å². The first kappa shape index (κ1) is 11.6. The average Bonchev–Trinajstić information content (AvgIpc) is 2.83. The maximum Gasteiger partial charge on any atom is 0.354 e. The Morgan fingerprint density at radius 1 is 1.47 bits per heavy atom. The highest BCUT2D eigenvalue weighted by atomic mass is 32.1. The molecule has 0 amide bonds. The van der Waals surface area contributed by atoms with Crippen LogP contribution in [0.3, 0.4) is 0 Å². The number of aromatic carboxylic acids is 1. The van der Waals surface area contributed by atoms with Gasteiger partial charge in [-0.15, -0.1) is 11.3 Å². The molecule has 2 aromatic rings. The molecule has 2 aromatic heterocycles. The smallest absolute Gasteiger partial charge is 0.354 e. The second-order valence-electron chi connectivity index (χ2n) is 3.62. The summed E-state index contributed by atoms with van der Waals surface area (Å²) < 4.78 is 0. The number of nitrogens with zero attached hydrogens (tertiary/aromatic N) is 1. The number of nitrogens with one attached hydrogen (secondary N) is 1. The van der Waals surface area contributed by atoms with Crippen LogP contribution in [0.1, 0.15) is 28.3 Å². The molecule has 1 unspecified atom stereocenters. The van der Waals surface area contributed by atoms with Gasteiger partial charge in [-0.25, -0.2) is 9.78 Å². The predicted molar refractivity (Wildman–Crippen MR) is 67.6 cm³/mol. The molecule has 0 fully saturated rings. The number of rotatable bonds is 4. The monoisotopic (exact) mass is 248 g/mol. The molecule has 17 heavy (non-hydrogen) atoms. The lowest BCUT2D eigenvalue weighted by Crippen LogP contribution is -2.06. The summed E-state index contributed by atoms with van der Waals surface area (Å²) in [5.41, 5.74) is 0.871. The first-order valence-corrected chi connectivity index (χ1v) is 6.04. The van der Waals surface area contributed by atoms with Crippen molar-refractivity contribution in [2.45, 2.75) is 13.0 Å². The molecule has 4 nitrogen and oxygen atoms in total. The highest BCUT2D eigenvalue weighted by Crippen LogP contribution is 2.22. The molecule has 88 valence electrons. The molecule has 1 atom stereocenters. The van der Waals surface area contributed by atoms with E-state index in [4.69, 9.17) is 5.11 Å². The molecule has 0 saturated heterocycles. The fraction of sp³-hybridized carbons (Fsp3) is 0.167. The lowest BCUT2D eigenvalue weighted by molar-refractivity contribution is 0.0690. The van der Waals surface area contributed by atoms with Crippen LogP contribution in [0.15, 0.2) is 35.8 Å². The Morgan fingerprint density at radius 3 is 2.82 bits per heavy atom. The lowest BCUT2D eigenvalue weighted by Gasteiger charge is -2.13. The quantitative estimate of drug-likeness (QED) is 0.873. The Morgan fingerprint density at radius 2 is 2.29 bits per heavy atom. The van der Waals surface area contributed by atoms with Crippen molar-refractivity contribution in [2.24, 2.45) is 0 Å². The van der Waals surface area contributed by atoms with Crippen molar-refractivity contribution in [1.82, 2.24) is 4.98 Å². The Balaban J connectivity index is 2.06. The molecule has 2 heterocycles. The second kappa shape index (κ2) is 4.97. The van der Waals surface area contributed by atoms with Gasteiger partial charge in [-0.2, -0.15) is 0 Å².